The normalized spacial score (nSPS) is 14.6. The lowest BCUT2D eigenvalue weighted by molar-refractivity contribution is -0.141. The summed E-state index contributed by atoms with van der Waals surface area (Å²) in [6.45, 7) is 1.77. The first-order valence-electron chi connectivity index (χ1n) is 14.8. The molecule has 224 valence electrons. The quantitative estimate of drug-likeness (QED) is 0.249. The van der Waals surface area contributed by atoms with Crippen molar-refractivity contribution < 1.29 is 18.0 Å². The molecular weight excluding hydrogens is 558 g/mol. The maximum absolute atomic E-state index is 14.1. The van der Waals surface area contributed by atoms with Crippen LogP contribution in [0.25, 0.3) is 10.8 Å². The second-order valence-corrected chi connectivity index (χ2v) is 13.5. The van der Waals surface area contributed by atoms with Gasteiger partial charge in [-0.25, -0.2) is 8.42 Å². The van der Waals surface area contributed by atoms with Gasteiger partial charge in [0.15, 0.2) is 0 Å². The summed E-state index contributed by atoms with van der Waals surface area (Å²) in [6, 6.07) is 29.2. The molecule has 43 heavy (non-hydrogen) atoms. The van der Waals surface area contributed by atoms with Crippen LogP contribution >= 0.6 is 0 Å². The van der Waals surface area contributed by atoms with E-state index in [-0.39, 0.29) is 23.4 Å². The summed E-state index contributed by atoms with van der Waals surface area (Å²) >= 11 is 0. The number of hydrogen-bond acceptors (Lipinski definition) is 4. The Kier molecular flexibility index (Phi) is 9.58. The van der Waals surface area contributed by atoms with E-state index in [0.29, 0.717) is 6.42 Å². The van der Waals surface area contributed by atoms with Crippen LogP contribution in [0.2, 0.25) is 0 Å². The lowest BCUT2D eigenvalue weighted by Gasteiger charge is -2.33. The van der Waals surface area contributed by atoms with Crippen molar-refractivity contribution in [2.75, 3.05) is 13.6 Å². The molecule has 1 fully saturated rings. The highest BCUT2D eigenvalue weighted by atomic mass is 32.2. The minimum Gasteiger partial charge on any atom is -0.352 e. The van der Waals surface area contributed by atoms with Crippen LogP contribution in [0.4, 0.5) is 0 Å². The summed E-state index contributed by atoms with van der Waals surface area (Å²) < 4.78 is 28.3. The van der Waals surface area contributed by atoms with E-state index in [9.17, 15) is 18.0 Å². The Hall–Kier alpha value is -4.01. The smallest absolute Gasteiger partial charge is 0.243 e. The van der Waals surface area contributed by atoms with Crippen molar-refractivity contribution in [3.63, 3.8) is 0 Å². The number of nitrogens with one attached hydrogen (secondary N) is 1. The van der Waals surface area contributed by atoms with Gasteiger partial charge in [0.2, 0.25) is 21.8 Å². The summed E-state index contributed by atoms with van der Waals surface area (Å²) in [5, 5.41) is 4.92. The molecule has 0 radical (unpaired) electrons. The van der Waals surface area contributed by atoms with E-state index in [2.05, 4.69) is 5.32 Å². The maximum Gasteiger partial charge on any atom is 0.243 e. The molecule has 0 heterocycles. The number of carbonyl (C=O) groups is 2. The van der Waals surface area contributed by atoms with Gasteiger partial charge in [-0.1, -0.05) is 103 Å². The number of likely N-dealkylation sites (N-methyl/N-ethyl adjacent to an activating group) is 1. The number of fused-ring (bicyclic) bond motifs is 1. The average molecular weight is 598 g/mol. The number of rotatable bonds is 11. The van der Waals surface area contributed by atoms with Gasteiger partial charge >= 0.3 is 0 Å². The van der Waals surface area contributed by atoms with Crippen LogP contribution in [0, 0.1) is 6.92 Å². The second-order valence-electron chi connectivity index (χ2n) is 11.5. The molecule has 0 bridgehead atoms. The predicted octanol–water partition coefficient (Wildman–Crippen LogP) is 5.47. The van der Waals surface area contributed by atoms with Crippen molar-refractivity contribution in [3.8, 4) is 0 Å². The van der Waals surface area contributed by atoms with Crippen LogP contribution in [0.15, 0.2) is 102 Å². The molecule has 0 aliphatic heterocycles. The van der Waals surface area contributed by atoms with Crippen molar-refractivity contribution >= 4 is 32.6 Å². The minimum absolute atomic E-state index is 0.0815. The lowest BCUT2D eigenvalue weighted by atomic mass is 10.0. The molecule has 1 N–H and O–H groups in total. The van der Waals surface area contributed by atoms with Crippen LogP contribution in [0.5, 0.6) is 0 Å². The largest absolute Gasteiger partial charge is 0.352 e. The predicted molar refractivity (Wildman–Crippen MR) is 170 cm³/mol. The number of nitrogens with zero attached hydrogens (tertiary/aromatic N) is 2. The molecule has 8 heteroatoms. The van der Waals surface area contributed by atoms with Gasteiger partial charge in [0.05, 0.1) is 11.4 Å². The first-order chi connectivity index (χ1) is 20.7. The fourth-order valence-electron chi connectivity index (χ4n) is 5.69. The minimum atomic E-state index is -3.98. The zero-order chi connectivity index (χ0) is 30.4. The third-order valence-electron chi connectivity index (χ3n) is 8.23. The first kappa shape index (κ1) is 30.4. The van der Waals surface area contributed by atoms with Crippen LogP contribution in [-0.2, 0) is 32.6 Å². The van der Waals surface area contributed by atoms with E-state index >= 15 is 0 Å². The molecule has 0 spiro atoms. The molecule has 7 nitrogen and oxygen atoms in total. The van der Waals surface area contributed by atoms with Crippen molar-refractivity contribution in [2.24, 2.45) is 0 Å². The Morgan fingerprint density at radius 2 is 1.49 bits per heavy atom. The molecule has 1 aliphatic carbocycles. The standard InChI is InChI=1S/C35H39N3O4S/c1-26-16-18-28(19-17-26)24-38(33(22-27-10-4-3-5-11-27)35(40)36-31-14-8-9-15-31)34(39)25-37(2)43(41,42)32-21-20-29-12-6-7-13-30(29)23-32/h3-7,10-13,16-21,23,31,33H,8-9,14-15,22,24-25H2,1-2H3,(H,36,40). The zero-order valence-corrected chi connectivity index (χ0v) is 25.6. The maximum atomic E-state index is 14.1. The van der Waals surface area contributed by atoms with Gasteiger partial charge in [-0.2, -0.15) is 4.31 Å². The highest BCUT2D eigenvalue weighted by Crippen LogP contribution is 2.23. The lowest BCUT2D eigenvalue weighted by Crippen LogP contribution is -2.54. The van der Waals surface area contributed by atoms with Gasteiger partial charge in [-0.3, -0.25) is 9.59 Å². The van der Waals surface area contributed by atoms with Gasteiger partial charge in [0, 0.05) is 26.1 Å². The van der Waals surface area contributed by atoms with Gasteiger partial charge in [0.25, 0.3) is 0 Å². The van der Waals surface area contributed by atoms with Crippen LogP contribution in [-0.4, -0.2) is 55.1 Å². The van der Waals surface area contributed by atoms with Gasteiger partial charge in [-0.15, -0.1) is 0 Å². The monoisotopic (exact) mass is 597 g/mol. The molecule has 1 aliphatic rings. The van der Waals surface area contributed by atoms with E-state index in [1.54, 1.807) is 23.1 Å². The number of amides is 2. The topological polar surface area (TPSA) is 86.8 Å². The summed E-state index contributed by atoms with van der Waals surface area (Å²) in [5.41, 5.74) is 2.88. The van der Waals surface area contributed by atoms with Crippen molar-refractivity contribution in [3.05, 3.63) is 114 Å². The molecule has 4 aromatic carbocycles. The van der Waals surface area contributed by atoms with Crippen molar-refractivity contribution in [1.82, 2.24) is 14.5 Å². The fraction of sp³-hybridized carbons (Fsp3) is 0.314. The second kappa shape index (κ2) is 13.5. The molecular formula is C35H39N3O4S. The van der Waals surface area contributed by atoms with Gasteiger partial charge in [0.1, 0.15) is 6.04 Å². The SMILES string of the molecule is Cc1ccc(CN(C(=O)CN(C)S(=O)(=O)c2ccc3ccccc3c2)C(Cc2ccccc2)C(=O)NC2CCCC2)cc1. The summed E-state index contributed by atoms with van der Waals surface area (Å²) in [7, 11) is -2.56. The molecule has 0 saturated heterocycles. The van der Waals surface area contributed by atoms with Gasteiger partial charge < -0.3 is 10.2 Å². The summed E-state index contributed by atoms with van der Waals surface area (Å²) in [5.74, 6) is -0.647. The fourth-order valence-corrected chi connectivity index (χ4v) is 6.84. The zero-order valence-electron chi connectivity index (χ0n) is 24.8. The number of hydrogen-bond donors (Lipinski definition) is 1. The van der Waals surface area contributed by atoms with E-state index in [1.165, 1.54) is 7.05 Å². The van der Waals surface area contributed by atoms with Crippen LogP contribution < -0.4 is 5.32 Å². The highest BCUT2D eigenvalue weighted by Gasteiger charge is 2.34. The van der Waals surface area contributed by atoms with E-state index in [0.717, 1.165) is 57.5 Å². The Labute approximate surface area is 254 Å². The Balaban J connectivity index is 1.45. The van der Waals surface area contributed by atoms with Gasteiger partial charge in [-0.05, 0) is 53.8 Å². The number of carbonyl (C=O) groups excluding carboxylic acids is 2. The first-order valence-corrected chi connectivity index (χ1v) is 16.3. The van der Waals surface area contributed by atoms with Crippen LogP contribution in [0.1, 0.15) is 42.4 Å². The molecule has 0 aromatic heterocycles. The number of benzene rings is 4. The van der Waals surface area contributed by atoms with Crippen molar-refractivity contribution in [1.29, 1.82) is 0 Å². The molecule has 1 saturated carbocycles. The van der Waals surface area contributed by atoms with Crippen molar-refractivity contribution in [2.45, 2.75) is 62.6 Å². The summed E-state index contributed by atoms with van der Waals surface area (Å²) in [6.07, 6.45) is 4.29. The molecule has 1 atom stereocenters. The average Bonchev–Trinajstić information content (AvgIpc) is 3.53. The number of sulfonamides is 1. The Bertz CT molecular complexity index is 1670. The van der Waals surface area contributed by atoms with E-state index < -0.39 is 28.5 Å². The van der Waals surface area contributed by atoms with E-state index in [1.807, 2.05) is 85.8 Å². The molecule has 5 rings (SSSR count). The summed E-state index contributed by atoms with van der Waals surface area (Å²) in [4.78, 5) is 29.7. The molecule has 1 unspecified atom stereocenters. The molecule has 4 aromatic rings. The van der Waals surface area contributed by atoms with Crippen LogP contribution in [0.3, 0.4) is 0 Å². The van der Waals surface area contributed by atoms with E-state index in [4.69, 9.17) is 0 Å². The highest BCUT2D eigenvalue weighted by molar-refractivity contribution is 7.89. The Morgan fingerprint density at radius 3 is 2.19 bits per heavy atom. The third-order valence-corrected chi connectivity index (χ3v) is 10.0. The third kappa shape index (κ3) is 7.50. The molecule has 2 amide bonds. The Morgan fingerprint density at radius 1 is 0.837 bits per heavy atom. The number of aryl methyl sites for hydroxylation is 1.